The van der Waals surface area contributed by atoms with E-state index < -0.39 is 0 Å². The maximum Gasteiger partial charge on any atom is 0.245 e. The minimum atomic E-state index is -0.355. The van der Waals surface area contributed by atoms with Crippen LogP contribution >= 0.6 is 11.8 Å². The van der Waals surface area contributed by atoms with E-state index >= 15 is 0 Å². The number of rotatable bonds is 11. The van der Waals surface area contributed by atoms with Crippen LogP contribution < -0.4 is 0 Å². The third-order valence-corrected chi connectivity index (χ3v) is 12.1. The number of aromatic amines is 2. The molecular weight excluding hydrogens is 717 g/mol. The fourth-order valence-electron chi connectivity index (χ4n) is 8.09. The number of aromatic nitrogens is 4. The summed E-state index contributed by atoms with van der Waals surface area (Å²) < 4.78 is 0. The quantitative estimate of drug-likeness (QED) is 0.138. The first kappa shape index (κ1) is 37.4. The second-order valence-electron chi connectivity index (χ2n) is 15.0. The highest BCUT2D eigenvalue weighted by Gasteiger charge is 2.38. The van der Waals surface area contributed by atoms with Gasteiger partial charge in [-0.3, -0.25) is 19.4 Å². The van der Waals surface area contributed by atoms with Crippen molar-refractivity contribution in [3.05, 3.63) is 144 Å². The van der Waals surface area contributed by atoms with Crippen molar-refractivity contribution in [2.75, 3.05) is 47.0 Å². The minimum absolute atomic E-state index is 0.0837. The molecule has 2 aromatic heterocycles. The molecule has 56 heavy (non-hydrogen) atoms. The summed E-state index contributed by atoms with van der Waals surface area (Å²) in [4.78, 5) is 52.3. The van der Waals surface area contributed by atoms with Crippen molar-refractivity contribution in [1.29, 1.82) is 0 Å². The number of nitrogens with one attached hydrogen (secondary N) is 2. The highest BCUT2D eigenvalue weighted by Crippen LogP contribution is 2.40. The van der Waals surface area contributed by atoms with Gasteiger partial charge in [0.05, 0.1) is 29.8 Å². The molecule has 2 aliphatic rings. The molecule has 0 spiro atoms. The van der Waals surface area contributed by atoms with E-state index in [9.17, 15) is 9.59 Å². The van der Waals surface area contributed by atoms with Gasteiger partial charge in [-0.05, 0) is 74.4 Å². The first-order valence-electron chi connectivity index (χ1n) is 19.2. The van der Waals surface area contributed by atoms with Crippen LogP contribution in [0.2, 0.25) is 0 Å². The summed E-state index contributed by atoms with van der Waals surface area (Å²) in [5.74, 6) is 2.67. The summed E-state index contributed by atoms with van der Waals surface area (Å²) in [6, 6.07) is 36.1. The Kier molecular flexibility index (Phi) is 10.9. The minimum Gasteiger partial charge on any atom is -0.340 e. The molecule has 2 aliphatic heterocycles. The van der Waals surface area contributed by atoms with Crippen molar-refractivity contribution in [1.82, 2.24) is 39.5 Å². The molecule has 4 atom stereocenters. The Balaban J connectivity index is 0.930. The first-order valence-corrected chi connectivity index (χ1v) is 20.3. The Morgan fingerprint density at radius 2 is 1.09 bits per heavy atom. The van der Waals surface area contributed by atoms with Gasteiger partial charge in [0.1, 0.15) is 29.1 Å². The maximum absolute atomic E-state index is 13.9. The van der Waals surface area contributed by atoms with E-state index in [4.69, 9.17) is 9.97 Å². The number of carbonyl (C=O) groups is 2. The molecule has 11 heteroatoms. The molecule has 4 heterocycles. The summed E-state index contributed by atoms with van der Waals surface area (Å²) in [7, 11) is 7.83. The first-order chi connectivity index (χ1) is 27.3. The fraction of sp³-hybridized carbons (Fsp3) is 0.289. The Morgan fingerprint density at radius 3 is 1.61 bits per heavy atom. The standard InChI is InChI=1S/C45H48N8O2S/c1-50(2)39(34-12-7-5-8-13-34)43(54)52-25-11-16-38(52)41-46-28-36(48-41)32-21-17-30(18-22-32)31-19-23-33(24-20-31)37-29-47-42(49-37)45-53(26-27-56-45)44(55)40(51(3)4)35-14-9-6-10-15-35/h5-10,12-15,17-24,28-29,38-40,45H,11,16,25-27H2,1-4H3,(H,46,48)(H,47,49)/t38-,39+,40+,45-/m0/s1. The lowest BCUT2D eigenvalue weighted by atomic mass is 10.0. The molecule has 286 valence electrons. The van der Waals surface area contributed by atoms with Crippen LogP contribution in [0.15, 0.2) is 122 Å². The molecule has 0 bridgehead atoms. The topological polar surface area (TPSA) is 104 Å². The van der Waals surface area contributed by atoms with Gasteiger partial charge in [0, 0.05) is 18.8 Å². The van der Waals surface area contributed by atoms with Gasteiger partial charge in [-0.25, -0.2) is 9.97 Å². The Hall–Kier alpha value is -5.49. The number of H-pyrrole nitrogens is 2. The lowest BCUT2D eigenvalue weighted by molar-refractivity contribution is -0.138. The van der Waals surface area contributed by atoms with Crippen LogP contribution in [0.3, 0.4) is 0 Å². The number of amides is 2. The number of likely N-dealkylation sites (N-methyl/N-ethyl adjacent to an activating group) is 2. The number of carbonyl (C=O) groups excluding carboxylic acids is 2. The molecule has 0 radical (unpaired) electrons. The van der Waals surface area contributed by atoms with Crippen LogP contribution in [0.25, 0.3) is 33.6 Å². The average Bonchev–Trinajstić information content (AvgIpc) is 4.06. The second-order valence-corrected chi connectivity index (χ2v) is 16.2. The molecule has 0 unspecified atom stereocenters. The number of thioether (sulfide) groups is 1. The van der Waals surface area contributed by atoms with E-state index in [1.54, 1.807) is 11.8 Å². The van der Waals surface area contributed by atoms with Crippen molar-refractivity contribution in [3.8, 4) is 33.6 Å². The zero-order valence-corrected chi connectivity index (χ0v) is 33.1. The highest BCUT2D eigenvalue weighted by molar-refractivity contribution is 7.99. The smallest absolute Gasteiger partial charge is 0.245 e. The Labute approximate surface area is 333 Å². The SMILES string of the molecule is CN(C)[C@@H](C(=O)N1CCC[C@H]1c1ncc(-c2ccc(-c3ccc(-c4cnc([C@@H]5SCCN5C(=O)[C@@H](c5ccccc5)N(C)C)[nH]4)cc3)cc2)[nH]1)c1ccccc1. The molecule has 2 fully saturated rings. The van der Waals surface area contributed by atoms with Crippen molar-refractivity contribution >= 4 is 23.6 Å². The number of benzene rings is 4. The predicted octanol–water partition coefficient (Wildman–Crippen LogP) is 7.98. The van der Waals surface area contributed by atoms with Crippen LogP contribution in [0, 0.1) is 0 Å². The zero-order valence-electron chi connectivity index (χ0n) is 32.3. The molecule has 2 amide bonds. The van der Waals surface area contributed by atoms with E-state index in [0.29, 0.717) is 6.54 Å². The second kappa shape index (κ2) is 16.3. The van der Waals surface area contributed by atoms with Gasteiger partial charge in [-0.1, -0.05) is 109 Å². The molecule has 2 N–H and O–H groups in total. The van der Waals surface area contributed by atoms with Gasteiger partial charge in [-0.15, -0.1) is 11.8 Å². The molecule has 2 saturated heterocycles. The highest BCUT2D eigenvalue weighted by atomic mass is 32.2. The summed E-state index contributed by atoms with van der Waals surface area (Å²) in [6.07, 6.45) is 5.57. The van der Waals surface area contributed by atoms with Crippen molar-refractivity contribution < 1.29 is 9.59 Å². The molecule has 4 aromatic carbocycles. The fourth-order valence-corrected chi connectivity index (χ4v) is 9.28. The molecule has 0 saturated carbocycles. The lowest BCUT2D eigenvalue weighted by Gasteiger charge is -2.31. The molecule has 0 aliphatic carbocycles. The van der Waals surface area contributed by atoms with Crippen LogP contribution in [0.4, 0.5) is 0 Å². The van der Waals surface area contributed by atoms with Gasteiger partial charge < -0.3 is 19.8 Å². The number of likely N-dealkylation sites (tertiary alicyclic amines) is 1. The van der Waals surface area contributed by atoms with Crippen molar-refractivity contribution in [2.45, 2.75) is 36.3 Å². The van der Waals surface area contributed by atoms with Crippen LogP contribution in [-0.2, 0) is 9.59 Å². The number of nitrogens with zero attached hydrogens (tertiary/aromatic N) is 6. The lowest BCUT2D eigenvalue weighted by Crippen LogP contribution is -2.40. The summed E-state index contributed by atoms with van der Waals surface area (Å²) in [5, 5.41) is -0.166. The molecule has 10 nitrogen and oxygen atoms in total. The van der Waals surface area contributed by atoms with Gasteiger partial charge in [0.15, 0.2) is 0 Å². The van der Waals surface area contributed by atoms with Crippen LogP contribution in [-0.4, -0.2) is 98.4 Å². The van der Waals surface area contributed by atoms with Crippen molar-refractivity contribution in [3.63, 3.8) is 0 Å². The average molecular weight is 765 g/mol. The summed E-state index contributed by atoms with van der Waals surface area (Å²) >= 11 is 1.74. The monoisotopic (exact) mass is 764 g/mol. The number of imidazole rings is 2. The summed E-state index contributed by atoms with van der Waals surface area (Å²) in [5.41, 5.74) is 8.13. The molecule has 8 rings (SSSR count). The number of hydrogen-bond acceptors (Lipinski definition) is 7. The maximum atomic E-state index is 13.9. The van der Waals surface area contributed by atoms with Crippen LogP contribution in [0.5, 0.6) is 0 Å². The van der Waals surface area contributed by atoms with Gasteiger partial charge >= 0.3 is 0 Å². The van der Waals surface area contributed by atoms with Gasteiger partial charge in [0.2, 0.25) is 11.8 Å². The van der Waals surface area contributed by atoms with Crippen LogP contribution in [0.1, 0.15) is 59.1 Å². The summed E-state index contributed by atoms with van der Waals surface area (Å²) in [6.45, 7) is 1.40. The Bertz CT molecular complexity index is 2090. The van der Waals surface area contributed by atoms with E-state index in [-0.39, 0.29) is 35.3 Å². The van der Waals surface area contributed by atoms with E-state index in [1.165, 1.54) is 0 Å². The van der Waals surface area contributed by atoms with Gasteiger partial charge in [0.25, 0.3) is 0 Å². The largest absolute Gasteiger partial charge is 0.340 e. The third-order valence-electron chi connectivity index (χ3n) is 10.9. The van der Waals surface area contributed by atoms with Crippen molar-refractivity contribution in [2.24, 2.45) is 0 Å². The zero-order chi connectivity index (χ0) is 38.8. The van der Waals surface area contributed by atoms with Gasteiger partial charge in [-0.2, -0.15) is 0 Å². The van der Waals surface area contributed by atoms with E-state index in [1.807, 2.05) is 121 Å². The number of hydrogen-bond donors (Lipinski definition) is 2. The predicted molar refractivity (Wildman–Crippen MR) is 223 cm³/mol. The third kappa shape index (κ3) is 7.54. The van der Waals surface area contributed by atoms with E-state index in [0.717, 1.165) is 81.6 Å². The Morgan fingerprint density at radius 1 is 0.625 bits per heavy atom. The normalized spacial score (nSPS) is 18.2. The molecular formula is C45H48N8O2S. The molecule has 6 aromatic rings. The van der Waals surface area contributed by atoms with E-state index in [2.05, 4.69) is 58.5 Å².